The predicted molar refractivity (Wildman–Crippen MR) is 139 cm³/mol. The van der Waals surface area contributed by atoms with Gasteiger partial charge < -0.3 is 4.18 Å². The van der Waals surface area contributed by atoms with E-state index in [0.29, 0.717) is 5.56 Å². The molecule has 1 aliphatic rings. The maximum atomic E-state index is 14.1. The minimum absolute atomic E-state index is 0.0135. The normalized spacial score (nSPS) is 16.2. The number of rotatable bonds is 9. The molecule has 0 spiro atoms. The number of hydrogen-bond acceptors (Lipinski definition) is 7. The Morgan fingerprint density at radius 1 is 0.674 bits per heavy atom. The van der Waals surface area contributed by atoms with Crippen LogP contribution in [0.5, 0.6) is 5.75 Å². The smallest absolute Gasteiger partial charge is 0.378 e. The molecule has 0 bridgehead atoms. The van der Waals surface area contributed by atoms with Crippen molar-refractivity contribution in [2.24, 2.45) is 0 Å². The van der Waals surface area contributed by atoms with Gasteiger partial charge in [-0.1, -0.05) is 53.7 Å². The highest BCUT2D eigenvalue weighted by Gasteiger charge is 2.83. The molecule has 0 amide bonds. The number of nitrogens with one attached hydrogen (secondary N) is 1. The zero-order chi connectivity index (χ0) is 33.1. The lowest BCUT2D eigenvalue weighted by Gasteiger charge is -2.31. The number of hydrogen-bond donors (Lipinski definition) is 1. The van der Waals surface area contributed by atoms with Crippen LogP contribution < -0.4 is 8.31 Å². The molecular weight excluding hydrogens is 689 g/mol. The molecule has 43 heavy (non-hydrogen) atoms. The molecule has 0 aromatic heterocycles. The van der Waals surface area contributed by atoms with Crippen molar-refractivity contribution in [1.82, 2.24) is 4.13 Å². The van der Waals surface area contributed by atoms with E-state index in [-0.39, 0.29) is 5.92 Å². The highest BCUT2D eigenvalue weighted by Crippen LogP contribution is 2.51. The van der Waals surface area contributed by atoms with E-state index in [4.69, 9.17) is 0 Å². The molecule has 1 aliphatic carbocycles. The molecular formula is C22H23F9NO7S4+. The number of sulfonamides is 2. The lowest BCUT2D eigenvalue weighted by Crippen LogP contribution is -2.64. The van der Waals surface area contributed by atoms with Crippen LogP contribution in [0.15, 0.2) is 59.5 Å². The molecule has 1 saturated carbocycles. The van der Waals surface area contributed by atoms with Crippen LogP contribution in [0.3, 0.4) is 0 Å². The lowest BCUT2D eigenvalue weighted by molar-refractivity contribution is -0.245. The molecule has 0 unspecified atom stereocenters. The third-order valence-electron chi connectivity index (χ3n) is 5.84. The van der Waals surface area contributed by atoms with Gasteiger partial charge in [0, 0.05) is 0 Å². The Bertz CT molecular complexity index is 1560. The van der Waals surface area contributed by atoms with Crippen molar-refractivity contribution in [2.45, 2.75) is 64.9 Å². The molecule has 0 radical (unpaired) electrons. The van der Waals surface area contributed by atoms with E-state index in [9.17, 15) is 64.8 Å². The van der Waals surface area contributed by atoms with Gasteiger partial charge in [0.15, 0.2) is 0 Å². The molecule has 1 fully saturated rings. The maximum absolute atomic E-state index is 14.1. The van der Waals surface area contributed by atoms with Gasteiger partial charge in [-0.3, -0.25) is 0 Å². The van der Waals surface area contributed by atoms with Crippen LogP contribution >= 0.6 is 0 Å². The summed E-state index contributed by atoms with van der Waals surface area (Å²) in [6, 6.07) is 13.8. The minimum Gasteiger partial charge on any atom is -0.378 e. The molecule has 244 valence electrons. The summed E-state index contributed by atoms with van der Waals surface area (Å²) in [5.74, 6) is -8.58. The Balaban J connectivity index is 0.000000804. The molecule has 0 atom stereocenters. The van der Waals surface area contributed by atoms with E-state index in [1.807, 2.05) is 30.3 Å². The molecule has 2 aromatic rings. The van der Waals surface area contributed by atoms with Crippen molar-refractivity contribution in [3.8, 4) is 5.75 Å². The van der Waals surface area contributed by atoms with E-state index in [2.05, 4.69) is 16.8 Å². The molecule has 0 aliphatic heterocycles. The molecule has 3 rings (SSSR count). The standard InChI is InChI=1S/C16H16F9NO7S3.C6H6S/c17-13(18,14(19,20)34(27,28)26-35(29,30)16(23,24)25)15(21,22)36(31,32)33-12-8-6-11(7-9-12)10-4-2-1-3-5-10;7-6-4-2-1-3-5-6/h6-10,26H,1-5H2;1-5,7H/p+1. The van der Waals surface area contributed by atoms with Gasteiger partial charge in [0.05, 0.1) is 0 Å². The fraction of sp³-hybridized carbons (Fsp3) is 0.455. The molecule has 0 saturated heterocycles. The molecule has 21 heteroatoms. The van der Waals surface area contributed by atoms with Crippen LogP contribution in [-0.4, -0.2) is 47.2 Å². The van der Waals surface area contributed by atoms with Gasteiger partial charge in [-0.25, -0.2) is 16.8 Å². The first kappa shape index (κ1) is 37.0. The van der Waals surface area contributed by atoms with Gasteiger partial charge >= 0.3 is 42.1 Å². The second kappa shape index (κ2) is 13.0. The van der Waals surface area contributed by atoms with Crippen molar-refractivity contribution < 1.29 is 69.0 Å². The van der Waals surface area contributed by atoms with Crippen LogP contribution in [0.2, 0.25) is 0 Å². The lowest BCUT2D eigenvalue weighted by atomic mass is 9.84. The topological polar surface area (TPSA) is 124 Å². The Hall–Kier alpha value is -2.23. The van der Waals surface area contributed by atoms with Gasteiger partial charge in [-0.05, 0) is 61.2 Å². The Kier molecular flexibility index (Phi) is 11.2. The molecule has 8 nitrogen and oxygen atoms in total. The first-order valence-corrected chi connectivity index (χ1v) is 16.6. The highest BCUT2D eigenvalue weighted by atomic mass is 32.3. The number of benzene rings is 2. The average Bonchev–Trinajstić information content (AvgIpc) is 2.88. The van der Waals surface area contributed by atoms with Crippen LogP contribution in [0.25, 0.3) is 0 Å². The number of halogens is 9. The summed E-state index contributed by atoms with van der Waals surface area (Å²) in [7, 11) is -22.3. The SMILES string of the molecule is O=S(=O)(NS(=O)(=O)C(F)(F)C(F)(F)C(F)(F)S(=O)(=O)Oc1ccc(C2CCCCC2)cc1)C(F)(F)F.[SH2+]c1ccccc1. The third-order valence-corrected chi connectivity index (χ3v) is 10.8. The summed E-state index contributed by atoms with van der Waals surface area (Å²) >= 11 is 3.36. The second-order valence-electron chi connectivity index (χ2n) is 8.95. The van der Waals surface area contributed by atoms with Crippen molar-refractivity contribution in [2.75, 3.05) is 0 Å². The van der Waals surface area contributed by atoms with E-state index in [1.54, 1.807) is 0 Å². The zero-order valence-corrected chi connectivity index (χ0v) is 24.7. The molecule has 2 aromatic carbocycles. The summed E-state index contributed by atoms with van der Waals surface area (Å²) in [6.45, 7) is 0. The zero-order valence-electron chi connectivity index (χ0n) is 21.3. The Labute approximate surface area is 246 Å². The van der Waals surface area contributed by atoms with Gasteiger partial charge in [0.25, 0.3) is 10.0 Å². The highest BCUT2D eigenvalue weighted by molar-refractivity contribution is 8.05. The molecule has 0 heterocycles. The van der Waals surface area contributed by atoms with Crippen LogP contribution in [0.4, 0.5) is 39.5 Å². The first-order chi connectivity index (χ1) is 19.4. The van der Waals surface area contributed by atoms with Crippen molar-refractivity contribution in [3.05, 3.63) is 60.2 Å². The Morgan fingerprint density at radius 3 is 1.58 bits per heavy atom. The van der Waals surface area contributed by atoms with E-state index in [0.717, 1.165) is 49.1 Å². The maximum Gasteiger partial charge on any atom is 0.512 e. The van der Waals surface area contributed by atoms with Crippen LogP contribution in [-0.2, 0) is 42.8 Å². The molecule has 1 N–H and O–H groups in total. The number of alkyl halides is 9. The van der Waals surface area contributed by atoms with E-state index < -0.39 is 62.0 Å². The largest absolute Gasteiger partial charge is 0.512 e. The average molecular weight is 713 g/mol. The summed E-state index contributed by atoms with van der Waals surface area (Å²) in [5, 5.41) is -14.5. The summed E-state index contributed by atoms with van der Waals surface area (Å²) in [4.78, 5) is 1.13. The monoisotopic (exact) mass is 712 g/mol. The second-order valence-corrected chi connectivity index (χ2v) is 14.8. The van der Waals surface area contributed by atoms with Gasteiger partial charge in [0.2, 0.25) is 0 Å². The fourth-order valence-corrected chi connectivity index (χ4v) is 7.17. The third kappa shape index (κ3) is 8.08. The summed E-state index contributed by atoms with van der Waals surface area (Å²) < 4.78 is 191. The van der Waals surface area contributed by atoms with Crippen LogP contribution in [0.1, 0.15) is 43.6 Å². The van der Waals surface area contributed by atoms with Crippen molar-refractivity contribution in [1.29, 1.82) is 0 Å². The fourth-order valence-electron chi connectivity index (χ4n) is 3.59. The van der Waals surface area contributed by atoms with Crippen molar-refractivity contribution in [3.63, 3.8) is 0 Å². The van der Waals surface area contributed by atoms with E-state index in [1.165, 1.54) is 12.1 Å². The van der Waals surface area contributed by atoms with Gasteiger partial charge in [0.1, 0.15) is 10.6 Å². The first-order valence-electron chi connectivity index (χ1n) is 11.7. The van der Waals surface area contributed by atoms with Crippen LogP contribution in [0, 0.1) is 0 Å². The van der Waals surface area contributed by atoms with E-state index >= 15 is 0 Å². The van der Waals surface area contributed by atoms with Gasteiger partial charge in [-0.2, -0.15) is 47.9 Å². The predicted octanol–water partition coefficient (Wildman–Crippen LogP) is 5.09. The van der Waals surface area contributed by atoms with Crippen molar-refractivity contribution >= 4 is 42.8 Å². The summed E-state index contributed by atoms with van der Waals surface area (Å²) in [6.07, 6.45) is 4.19. The minimum atomic E-state index is -7.83. The van der Waals surface area contributed by atoms with Gasteiger partial charge in [-0.15, -0.1) is 0 Å². The summed E-state index contributed by atoms with van der Waals surface area (Å²) in [5.41, 5.74) is -6.04. The Morgan fingerprint density at radius 2 is 1.16 bits per heavy atom. The quantitative estimate of drug-likeness (QED) is 0.218.